The summed E-state index contributed by atoms with van der Waals surface area (Å²) >= 11 is 0. The smallest absolute Gasteiger partial charge is 0.323 e. The maximum atomic E-state index is 12.8. The molecule has 0 atom stereocenters. The first-order chi connectivity index (χ1) is 12.5. The Morgan fingerprint density at radius 2 is 1.65 bits per heavy atom. The maximum absolute atomic E-state index is 12.8. The molecule has 1 fully saturated rings. The minimum Gasteiger partial charge on any atom is -0.341 e. The maximum Gasteiger partial charge on any atom is 0.323 e. The molecule has 0 aliphatic carbocycles. The molecule has 2 amide bonds. The molecule has 7 nitrogen and oxygen atoms in total. The second-order valence-electron chi connectivity index (χ2n) is 6.82. The van der Waals surface area contributed by atoms with Crippen LogP contribution in [-0.2, 0) is 4.79 Å². The van der Waals surface area contributed by atoms with Gasteiger partial charge in [0.25, 0.3) is 5.91 Å². The van der Waals surface area contributed by atoms with Crippen LogP contribution in [0.25, 0.3) is 11.0 Å². The van der Waals surface area contributed by atoms with Crippen molar-refractivity contribution in [3.05, 3.63) is 34.2 Å². The van der Waals surface area contributed by atoms with Crippen molar-refractivity contribution >= 4 is 22.8 Å². The predicted octanol–water partition coefficient (Wildman–Crippen LogP) is 1.97. The predicted molar refractivity (Wildman–Crippen MR) is 100 cm³/mol. The highest BCUT2D eigenvalue weighted by Gasteiger charge is 2.26. The first-order valence-corrected chi connectivity index (χ1v) is 9.33. The normalized spacial score (nSPS) is 15.5. The highest BCUT2D eigenvalue weighted by atomic mass is 16.2. The summed E-state index contributed by atoms with van der Waals surface area (Å²) in [6.07, 6.45) is 2.48. The average molecular weight is 358 g/mol. The van der Waals surface area contributed by atoms with Crippen molar-refractivity contribution in [3.8, 4) is 0 Å². The molecule has 3 rings (SSSR count). The van der Waals surface area contributed by atoms with Crippen LogP contribution in [-0.4, -0.2) is 57.8 Å². The number of H-pyrrole nitrogens is 2. The van der Waals surface area contributed by atoms with Gasteiger partial charge in [0.1, 0.15) is 0 Å². The van der Waals surface area contributed by atoms with E-state index in [2.05, 4.69) is 9.97 Å². The number of hydrogen-bond acceptors (Lipinski definition) is 3. The fraction of sp³-hybridized carbons (Fsp3) is 0.526. The molecule has 1 aromatic heterocycles. The van der Waals surface area contributed by atoms with Gasteiger partial charge >= 0.3 is 5.69 Å². The number of fused-ring (bicyclic) bond motifs is 1. The highest BCUT2D eigenvalue weighted by Crippen LogP contribution is 2.17. The van der Waals surface area contributed by atoms with E-state index in [-0.39, 0.29) is 23.4 Å². The number of nitrogens with zero attached hydrogens (tertiary/aromatic N) is 2. The molecule has 7 heteroatoms. The molecule has 1 aromatic carbocycles. The third-order valence-corrected chi connectivity index (χ3v) is 5.19. The number of rotatable bonds is 4. The molecular weight excluding hydrogens is 332 g/mol. The third kappa shape index (κ3) is 3.66. The lowest BCUT2D eigenvalue weighted by Gasteiger charge is -2.25. The van der Waals surface area contributed by atoms with E-state index < -0.39 is 0 Å². The van der Waals surface area contributed by atoms with Gasteiger partial charge in [-0.05, 0) is 37.5 Å². The Morgan fingerprint density at radius 3 is 2.38 bits per heavy atom. The van der Waals surface area contributed by atoms with Crippen LogP contribution < -0.4 is 5.69 Å². The van der Waals surface area contributed by atoms with Gasteiger partial charge in [-0.25, -0.2) is 4.79 Å². The fourth-order valence-electron chi connectivity index (χ4n) is 3.59. The third-order valence-electron chi connectivity index (χ3n) is 5.19. The van der Waals surface area contributed by atoms with Crippen LogP contribution in [0.1, 0.15) is 43.5 Å². The van der Waals surface area contributed by atoms with Crippen LogP contribution in [0.2, 0.25) is 0 Å². The Balaban J connectivity index is 1.70. The van der Waals surface area contributed by atoms with Crippen molar-refractivity contribution < 1.29 is 9.59 Å². The Morgan fingerprint density at radius 1 is 1.00 bits per heavy atom. The molecular formula is C19H26N4O3. The second-order valence-corrected chi connectivity index (χ2v) is 6.82. The van der Waals surface area contributed by atoms with Crippen molar-refractivity contribution in [2.24, 2.45) is 5.92 Å². The van der Waals surface area contributed by atoms with Crippen molar-refractivity contribution in [3.63, 3.8) is 0 Å². The highest BCUT2D eigenvalue weighted by molar-refractivity contribution is 5.97. The van der Waals surface area contributed by atoms with E-state index in [4.69, 9.17) is 0 Å². The molecule has 0 radical (unpaired) electrons. The average Bonchev–Trinajstić information content (AvgIpc) is 2.85. The Hall–Kier alpha value is -2.57. The molecule has 2 heterocycles. The Bertz CT molecular complexity index is 850. The van der Waals surface area contributed by atoms with Gasteiger partial charge < -0.3 is 19.8 Å². The van der Waals surface area contributed by atoms with Crippen molar-refractivity contribution in [2.75, 3.05) is 26.2 Å². The summed E-state index contributed by atoms with van der Waals surface area (Å²) in [6, 6.07) is 5.17. The monoisotopic (exact) mass is 358 g/mol. The zero-order valence-electron chi connectivity index (χ0n) is 15.4. The number of hydrogen-bond donors (Lipinski definition) is 2. The van der Waals surface area contributed by atoms with E-state index in [1.54, 1.807) is 23.1 Å². The topological polar surface area (TPSA) is 89.3 Å². The van der Waals surface area contributed by atoms with Gasteiger partial charge in [0.05, 0.1) is 11.0 Å². The van der Waals surface area contributed by atoms with Crippen molar-refractivity contribution in [1.82, 2.24) is 19.8 Å². The number of benzene rings is 1. The van der Waals surface area contributed by atoms with Crippen molar-refractivity contribution in [2.45, 2.75) is 33.1 Å². The van der Waals surface area contributed by atoms with Crippen molar-refractivity contribution in [1.29, 1.82) is 0 Å². The van der Waals surface area contributed by atoms with E-state index >= 15 is 0 Å². The molecule has 2 N–H and O–H groups in total. The molecule has 140 valence electrons. The number of amides is 2. The van der Waals surface area contributed by atoms with Gasteiger partial charge in [0, 0.05) is 37.7 Å². The number of aromatic nitrogens is 2. The van der Waals surface area contributed by atoms with E-state index in [1.807, 2.05) is 18.7 Å². The molecule has 2 aromatic rings. The summed E-state index contributed by atoms with van der Waals surface area (Å²) in [4.78, 5) is 45.9. The summed E-state index contributed by atoms with van der Waals surface area (Å²) in [7, 11) is 0. The molecule has 26 heavy (non-hydrogen) atoms. The summed E-state index contributed by atoms with van der Waals surface area (Å²) in [5.41, 5.74) is 1.58. The Labute approximate surface area is 152 Å². The van der Waals surface area contributed by atoms with Gasteiger partial charge in [-0.2, -0.15) is 0 Å². The molecule has 0 spiro atoms. The molecule has 0 saturated carbocycles. The lowest BCUT2D eigenvalue weighted by molar-refractivity contribution is -0.135. The summed E-state index contributed by atoms with van der Waals surface area (Å²) < 4.78 is 0. The van der Waals surface area contributed by atoms with Crippen LogP contribution >= 0.6 is 0 Å². The van der Waals surface area contributed by atoms with Crippen LogP contribution in [0.3, 0.4) is 0 Å². The molecule has 1 aliphatic heterocycles. The quantitative estimate of drug-likeness (QED) is 0.876. The van der Waals surface area contributed by atoms with Gasteiger partial charge in [-0.15, -0.1) is 0 Å². The minimum absolute atomic E-state index is 0.0641. The first kappa shape index (κ1) is 18.2. The van der Waals surface area contributed by atoms with E-state index in [0.717, 1.165) is 19.3 Å². The van der Waals surface area contributed by atoms with Crippen LogP contribution in [0.4, 0.5) is 0 Å². The summed E-state index contributed by atoms with van der Waals surface area (Å²) in [5, 5.41) is 0. The summed E-state index contributed by atoms with van der Waals surface area (Å²) in [6.45, 7) is 6.52. The van der Waals surface area contributed by atoms with Gasteiger partial charge in [0.15, 0.2) is 0 Å². The molecule has 1 aliphatic rings. The van der Waals surface area contributed by atoms with E-state index in [1.165, 1.54) is 0 Å². The van der Waals surface area contributed by atoms with Crippen LogP contribution in [0, 0.1) is 5.92 Å². The van der Waals surface area contributed by atoms with Gasteiger partial charge in [0.2, 0.25) is 5.91 Å². The number of aromatic amines is 2. The first-order valence-electron chi connectivity index (χ1n) is 9.33. The number of imidazole rings is 1. The largest absolute Gasteiger partial charge is 0.341 e. The summed E-state index contributed by atoms with van der Waals surface area (Å²) in [5.74, 6) is 0.214. The zero-order chi connectivity index (χ0) is 18.7. The van der Waals surface area contributed by atoms with E-state index in [0.29, 0.717) is 42.8 Å². The second kappa shape index (κ2) is 7.76. The van der Waals surface area contributed by atoms with Crippen LogP contribution in [0.5, 0.6) is 0 Å². The lowest BCUT2D eigenvalue weighted by atomic mass is 10.0. The number of carbonyl (C=O) groups is 2. The van der Waals surface area contributed by atoms with Gasteiger partial charge in [-0.3, -0.25) is 9.59 Å². The standard InChI is InChI=1S/C19H26N4O3/c1-3-13(4-2)17(24)22-8-5-9-23(11-10-22)18(25)14-6-7-15-16(12-14)21-19(26)20-15/h6-7,12-13H,3-5,8-11H2,1-2H3,(H2,20,21,26). The fourth-order valence-corrected chi connectivity index (χ4v) is 3.59. The Kier molecular flexibility index (Phi) is 5.44. The van der Waals surface area contributed by atoms with Crippen LogP contribution in [0.15, 0.2) is 23.0 Å². The molecule has 0 unspecified atom stereocenters. The zero-order valence-corrected chi connectivity index (χ0v) is 15.4. The number of carbonyl (C=O) groups excluding carboxylic acids is 2. The van der Waals surface area contributed by atoms with Gasteiger partial charge in [-0.1, -0.05) is 13.8 Å². The minimum atomic E-state index is -0.282. The lowest BCUT2D eigenvalue weighted by Crippen LogP contribution is -2.39. The number of nitrogens with one attached hydrogen (secondary N) is 2. The van der Waals surface area contributed by atoms with E-state index in [9.17, 15) is 14.4 Å². The molecule has 1 saturated heterocycles. The SMILES string of the molecule is CCC(CC)C(=O)N1CCCN(C(=O)c2ccc3[nH]c(=O)[nH]c3c2)CC1. The molecule has 0 bridgehead atoms.